The summed E-state index contributed by atoms with van der Waals surface area (Å²) in [5.41, 5.74) is 6.01. The van der Waals surface area contributed by atoms with Crippen LogP contribution in [0.4, 0.5) is 22.1 Å². The largest absolute Gasteiger partial charge is 0.366 e. The van der Waals surface area contributed by atoms with Gasteiger partial charge in [-0.05, 0) is 37.6 Å². The molecule has 2 atom stereocenters. The lowest BCUT2D eigenvalue weighted by Crippen LogP contribution is -2.48. The molecule has 8 heteroatoms. The second-order valence-electron chi connectivity index (χ2n) is 7.15. The molecule has 2 amide bonds. The first-order chi connectivity index (χ1) is 13.2. The fourth-order valence-electron chi connectivity index (χ4n) is 4.09. The van der Waals surface area contributed by atoms with Crippen molar-refractivity contribution >= 4 is 29.1 Å². The van der Waals surface area contributed by atoms with E-state index in [2.05, 4.69) is 37.9 Å². The fourth-order valence-corrected chi connectivity index (χ4v) is 4.09. The number of hydrogen-bond donors (Lipinski definition) is 2. The molecular formula is C19H21N7O. The van der Waals surface area contributed by atoms with Crippen molar-refractivity contribution in [2.24, 2.45) is 5.10 Å². The number of anilines is 3. The summed E-state index contributed by atoms with van der Waals surface area (Å²) in [6, 6.07) is 9.57. The number of amides is 2. The van der Waals surface area contributed by atoms with Gasteiger partial charge in [-0.15, -0.1) is 0 Å². The molecule has 2 aromatic heterocycles. The summed E-state index contributed by atoms with van der Waals surface area (Å²) in [6.07, 6.45) is 2.61. The van der Waals surface area contributed by atoms with E-state index in [4.69, 9.17) is 4.98 Å². The predicted molar refractivity (Wildman–Crippen MR) is 104 cm³/mol. The van der Waals surface area contributed by atoms with Gasteiger partial charge in [0, 0.05) is 31.5 Å². The summed E-state index contributed by atoms with van der Waals surface area (Å²) in [7, 11) is 0. The van der Waals surface area contributed by atoms with Crippen molar-refractivity contribution in [1.29, 1.82) is 0 Å². The average Bonchev–Trinajstić information content (AvgIpc) is 3.29. The lowest BCUT2D eigenvalue weighted by molar-refractivity contribution is 0.254. The third-order valence-corrected chi connectivity index (χ3v) is 5.50. The summed E-state index contributed by atoms with van der Waals surface area (Å²) >= 11 is 0. The number of nitrogens with zero attached hydrogens (tertiary/aromatic N) is 5. The van der Waals surface area contributed by atoms with Crippen LogP contribution in [0.2, 0.25) is 0 Å². The van der Waals surface area contributed by atoms with Crippen molar-refractivity contribution < 1.29 is 4.79 Å². The minimum absolute atomic E-state index is 0.125. The maximum absolute atomic E-state index is 13.1. The first kappa shape index (κ1) is 16.0. The van der Waals surface area contributed by atoms with E-state index in [1.807, 2.05) is 24.0 Å². The van der Waals surface area contributed by atoms with Crippen LogP contribution >= 0.6 is 0 Å². The van der Waals surface area contributed by atoms with E-state index in [1.165, 1.54) is 0 Å². The number of aromatic nitrogens is 2. The van der Waals surface area contributed by atoms with Gasteiger partial charge in [-0.2, -0.15) is 5.10 Å². The molecule has 0 spiro atoms. The number of hydrogen-bond acceptors (Lipinski definition) is 6. The minimum atomic E-state index is -0.180. The number of fused-ring (bicyclic) bond motifs is 4. The summed E-state index contributed by atoms with van der Waals surface area (Å²) < 4.78 is 0. The zero-order valence-corrected chi connectivity index (χ0v) is 15.1. The summed E-state index contributed by atoms with van der Waals surface area (Å²) in [5.74, 6) is 1.42. The van der Waals surface area contributed by atoms with Gasteiger partial charge in [0.2, 0.25) is 0 Å². The van der Waals surface area contributed by atoms with Gasteiger partial charge in [-0.3, -0.25) is 10.2 Å². The summed E-state index contributed by atoms with van der Waals surface area (Å²) in [6.45, 7) is 4.53. The van der Waals surface area contributed by atoms with Gasteiger partial charge < -0.3 is 10.3 Å². The van der Waals surface area contributed by atoms with Crippen LogP contribution in [0.25, 0.3) is 0 Å². The molecule has 0 aliphatic carbocycles. The molecule has 1 unspecified atom stereocenters. The molecule has 2 N–H and O–H groups in total. The van der Waals surface area contributed by atoms with Crippen LogP contribution in [0, 0.1) is 0 Å². The Morgan fingerprint density at radius 3 is 3.00 bits per heavy atom. The van der Waals surface area contributed by atoms with Crippen molar-refractivity contribution in [1.82, 2.24) is 15.4 Å². The maximum Gasteiger partial charge on any atom is 0.329 e. The van der Waals surface area contributed by atoms with Crippen LogP contribution in [0.3, 0.4) is 0 Å². The van der Waals surface area contributed by atoms with E-state index in [-0.39, 0.29) is 18.0 Å². The third-order valence-electron chi connectivity index (χ3n) is 5.50. The van der Waals surface area contributed by atoms with Crippen molar-refractivity contribution in [2.45, 2.75) is 25.3 Å². The number of pyridine rings is 2. The molecule has 2 aromatic rings. The number of hydrazone groups is 1. The minimum Gasteiger partial charge on any atom is -0.366 e. The lowest BCUT2D eigenvalue weighted by atomic mass is 10.0. The molecule has 27 heavy (non-hydrogen) atoms. The normalized spacial score (nSPS) is 22.9. The molecule has 3 aliphatic heterocycles. The molecule has 1 fully saturated rings. The van der Waals surface area contributed by atoms with Gasteiger partial charge in [0.05, 0.1) is 23.3 Å². The van der Waals surface area contributed by atoms with Crippen molar-refractivity contribution in [3.05, 3.63) is 42.2 Å². The zero-order valence-electron chi connectivity index (χ0n) is 15.1. The van der Waals surface area contributed by atoms with Crippen molar-refractivity contribution in [2.75, 3.05) is 34.8 Å². The Morgan fingerprint density at radius 1 is 1.30 bits per heavy atom. The molecule has 8 nitrogen and oxygen atoms in total. The standard InChI is InChI=1S/C19H21N7O/c1-12-14(10-21-24-12)15-5-6-16-18(22-15)26(13-7-9-25(16)11-13)19(27)23-17-4-2-3-8-20-17/h2-6,8,13-14,21H,7,9-11H2,1H3,(H,20,23,27)/t13-,14?/m0/s1. The van der Waals surface area contributed by atoms with E-state index in [0.717, 1.165) is 49.0 Å². The Labute approximate surface area is 157 Å². The second-order valence-corrected chi connectivity index (χ2v) is 7.15. The maximum atomic E-state index is 13.1. The molecular weight excluding hydrogens is 342 g/mol. The van der Waals surface area contributed by atoms with E-state index >= 15 is 0 Å². The van der Waals surface area contributed by atoms with E-state index in [9.17, 15) is 4.79 Å². The molecule has 2 bridgehead atoms. The van der Waals surface area contributed by atoms with Crippen molar-refractivity contribution in [3.63, 3.8) is 0 Å². The van der Waals surface area contributed by atoms with E-state index < -0.39 is 0 Å². The highest BCUT2D eigenvalue weighted by Crippen LogP contribution is 2.40. The number of rotatable bonds is 2. The molecule has 0 radical (unpaired) electrons. The van der Waals surface area contributed by atoms with Gasteiger partial charge in [-0.1, -0.05) is 6.07 Å². The number of nitrogens with one attached hydrogen (secondary N) is 2. The molecule has 3 aliphatic rings. The van der Waals surface area contributed by atoms with Gasteiger partial charge >= 0.3 is 6.03 Å². The van der Waals surface area contributed by atoms with E-state index in [0.29, 0.717) is 5.82 Å². The fraction of sp³-hybridized carbons (Fsp3) is 0.368. The number of urea groups is 1. The predicted octanol–water partition coefficient (Wildman–Crippen LogP) is 2.17. The van der Waals surface area contributed by atoms with Crippen LogP contribution in [0.1, 0.15) is 25.0 Å². The molecule has 5 heterocycles. The Morgan fingerprint density at radius 2 is 2.22 bits per heavy atom. The first-order valence-corrected chi connectivity index (χ1v) is 9.25. The average molecular weight is 363 g/mol. The van der Waals surface area contributed by atoms with Crippen LogP contribution in [0.15, 0.2) is 41.6 Å². The monoisotopic (exact) mass is 363 g/mol. The van der Waals surface area contributed by atoms with Gasteiger partial charge in [0.15, 0.2) is 5.82 Å². The topological polar surface area (TPSA) is 85.8 Å². The van der Waals surface area contributed by atoms with Crippen LogP contribution in [-0.4, -0.2) is 47.4 Å². The van der Waals surface area contributed by atoms with Gasteiger partial charge in [0.25, 0.3) is 0 Å². The van der Waals surface area contributed by atoms with Crippen LogP contribution in [-0.2, 0) is 0 Å². The molecule has 1 saturated heterocycles. The van der Waals surface area contributed by atoms with Gasteiger partial charge in [-0.25, -0.2) is 14.8 Å². The SMILES string of the molecule is CC1=NNCC1c1ccc2c(n1)N(C(=O)Nc1ccccn1)[C@H]1CCN2C1. The lowest BCUT2D eigenvalue weighted by Gasteiger charge is -2.36. The summed E-state index contributed by atoms with van der Waals surface area (Å²) in [4.78, 5) is 26.3. The third kappa shape index (κ3) is 2.68. The second kappa shape index (κ2) is 6.22. The summed E-state index contributed by atoms with van der Waals surface area (Å²) in [5, 5.41) is 7.19. The Balaban J connectivity index is 1.51. The number of carbonyl (C=O) groups excluding carboxylic acids is 1. The highest BCUT2D eigenvalue weighted by atomic mass is 16.2. The Hall–Kier alpha value is -3.16. The molecule has 0 aromatic carbocycles. The molecule has 0 saturated carbocycles. The van der Waals surface area contributed by atoms with Crippen LogP contribution in [0.5, 0.6) is 0 Å². The Bertz CT molecular complexity index is 914. The van der Waals surface area contributed by atoms with Crippen LogP contribution < -0.4 is 20.5 Å². The highest BCUT2D eigenvalue weighted by molar-refractivity contribution is 6.04. The van der Waals surface area contributed by atoms with Gasteiger partial charge in [0.1, 0.15) is 5.82 Å². The van der Waals surface area contributed by atoms with Crippen molar-refractivity contribution in [3.8, 4) is 0 Å². The quantitative estimate of drug-likeness (QED) is 0.854. The highest BCUT2D eigenvalue weighted by Gasteiger charge is 2.40. The Kier molecular flexibility index (Phi) is 3.70. The first-order valence-electron chi connectivity index (χ1n) is 9.25. The number of carbonyl (C=O) groups is 1. The van der Waals surface area contributed by atoms with E-state index in [1.54, 1.807) is 12.3 Å². The molecule has 5 rings (SSSR count). The smallest absolute Gasteiger partial charge is 0.329 e. The molecule has 138 valence electrons. The zero-order chi connectivity index (χ0) is 18.4.